The van der Waals surface area contributed by atoms with E-state index in [2.05, 4.69) is 25.3 Å². The number of para-hydroxylation sites is 1. The van der Waals surface area contributed by atoms with Crippen molar-refractivity contribution in [1.29, 1.82) is 0 Å². The highest BCUT2D eigenvalue weighted by molar-refractivity contribution is 7.21. The quantitative estimate of drug-likeness (QED) is 0.357. The molecule has 0 radical (unpaired) electrons. The highest BCUT2D eigenvalue weighted by Gasteiger charge is 2.15. The molecule has 5 rings (SSSR count). The van der Waals surface area contributed by atoms with Crippen molar-refractivity contribution in [3.63, 3.8) is 0 Å². The molecule has 0 bridgehead atoms. The molecular weight excluding hydrogens is 416 g/mol. The van der Waals surface area contributed by atoms with E-state index in [4.69, 9.17) is 0 Å². The van der Waals surface area contributed by atoms with E-state index in [-0.39, 0.29) is 11.2 Å². The van der Waals surface area contributed by atoms with Gasteiger partial charge in [0.25, 0.3) is 0 Å². The van der Waals surface area contributed by atoms with Crippen molar-refractivity contribution in [3.8, 4) is 16.4 Å². The van der Waals surface area contributed by atoms with Gasteiger partial charge >= 0.3 is 5.56 Å². The zero-order valence-corrected chi connectivity index (χ0v) is 17.8. The first-order valence-electron chi connectivity index (χ1n) is 9.20. The number of aromatic nitrogens is 4. The van der Waals surface area contributed by atoms with Gasteiger partial charge in [0.15, 0.2) is 5.69 Å². The van der Waals surface area contributed by atoms with Crippen LogP contribution in [0.3, 0.4) is 0 Å². The largest absolute Gasteiger partial charge is 0.301 e. The van der Waals surface area contributed by atoms with Crippen LogP contribution in [0, 0.1) is 13.8 Å². The predicted octanol–water partition coefficient (Wildman–Crippen LogP) is 5.93. The van der Waals surface area contributed by atoms with Crippen LogP contribution in [-0.2, 0) is 0 Å². The summed E-state index contributed by atoms with van der Waals surface area (Å²) in [4.78, 5) is 21.9. The predicted molar refractivity (Wildman–Crippen MR) is 121 cm³/mol. The minimum Gasteiger partial charge on any atom is -0.291 e. The molecule has 1 N–H and O–H groups in total. The molecule has 5 aromatic rings. The van der Waals surface area contributed by atoms with Gasteiger partial charge in [0.2, 0.25) is 10.3 Å². The van der Waals surface area contributed by atoms with E-state index in [0.717, 1.165) is 21.5 Å². The van der Waals surface area contributed by atoms with E-state index < -0.39 is 0 Å². The summed E-state index contributed by atoms with van der Waals surface area (Å²) in [5, 5.41) is 14.4. The standard InChI is InChI=1S/C21H16N6OS2/c1-12-7-9-14(10-8-12)16-11-29-21(23-16)27-19(28)18(13(2)26-27)24-25-20-22-15-5-3-4-6-17(15)30-20/h3-11,26H,1-2H3. The zero-order valence-electron chi connectivity index (χ0n) is 16.2. The topological polar surface area (TPSA) is 88.3 Å². The molecule has 3 heterocycles. The fourth-order valence-electron chi connectivity index (χ4n) is 3.01. The van der Waals surface area contributed by atoms with E-state index in [9.17, 15) is 4.79 Å². The molecule has 3 aromatic heterocycles. The van der Waals surface area contributed by atoms with Crippen molar-refractivity contribution in [2.24, 2.45) is 10.2 Å². The Bertz CT molecular complexity index is 1410. The molecule has 0 aliphatic carbocycles. The molecular formula is C21H16N6OS2. The van der Waals surface area contributed by atoms with Gasteiger partial charge in [-0.3, -0.25) is 9.89 Å². The van der Waals surface area contributed by atoms with Crippen LogP contribution in [0.15, 0.2) is 68.9 Å². The number of aromatic amines is 1. The van der Waals surface area contributed by atoms with Crippen LogP contribution in [0.25, 0.3) is 26.6 Å². The number of nitrogens with one attached hydrogen (secondary N) is 1. The summed E-state index contributed by atoms with van der Waals surface area (Å²) in [7, 11) is 0. The minimum atomic E-state index is -0.290. The first kappa shape index (κ1) is 18.6. The number of H-pyrrole nitrogens is 1. The Kier molecular flexibility index (Phi) is 4.61. The first-order chi connectivity index (χ1) is 14.6. The van der Waals surface area contributed by atoms with Gasteiger partial charge in [-0.1, -0.05) is 53.3 Å². The maximum absolute atomic E-state index is 12.9. The van der Waals surface area contributed by atoms with Gasteiger partial charge in [0, 0.05) is 10.9 Å². The lowest BCUT2D eigenvalue weighted by atomic mass is 10.1. The number of thiazole rings is 2. The molecule has 148 valence electrons. The smallest absolute Gasteiger partial charge is 0.291 e. The maximum Gasteiger partial charge on any atom is 0.301 e. The molecule has 0 spiro atoms. The molecule has 0 saturated heterocycles. The van der Waals surface area contributed by atoms with Gasteiger partial charge < -0.3 is 0 Å². The molecule has 2 aromatic carbocycles. The number of azo groups is 1. The number of aryl methyl sites for hydroxylation is 2. The Balaban J connectivity index is 1.46. The number of rotatable bonds is 4. The van der Waals surface area contributed by atoms with Crippen molar-refractivity contribution < 1.29 is 0 Å². The Morgan fingerprint density at radius 3 is 2.60 bits per heavy atom. The van der Waals surface area contributed by atoms with E-state index in [1.54, 1.807) is 6.92 Å². The molecule has 0 saturated carbocycles. The van der Waals surface area contributed by atoms with Crippen molar-refractivity contribution in [1.82, 2.24) is 19.7 Å². The third kappa shape index (κ3) is 3.38. The molecule has 0 aliphatic heterocycles. The van der Waals surface area contributed by atoms with E-state index >= 15 is 0 Å². The highest BCUT2D eigenvalue weighted by atomic mass is 32.1. The van der Waals surface area contributed by atoms with Gasteiger partial charge in [-0.25, -0.2) is 9.97 Å². The molecule has 30 heavy (non-hydrogen) atoms. The first-order valence-corrected chi connectivity index (χ1v) is 10.9. The lowest BCUT2D eigenvalue weighted by Crippen LogP contribution is -2.13. The monoisotopic (exact) mass is 432 g/mol. The lowest BCUT2D eigenvalue weighted by Gasteiger charge is -1.97. The normalized spacial score (nSPS) is 11.7. The van der Waals surface area contributed by atoms with Crippen molar-refractivity contribution in [2.75, 3.05) is 0 Å². The molecule has 0 aliphatic rings. The molecule has 0 atom stereocenters. The Hall–Kier alpha value is -3.43. The number of hydrogen-bond donors (Lipinski definition) is 1. The van der Waals surface area contributed by atoms with Gasteiger partial charge in [-0.05, 0) is 26.0 Å². The van der Waals surface area contributed by atoms with E-state index in [0.29, 0.717) is 16.0 Å². The minimum absolute atomic E-state index is 0.251. The summed E-state index contributed by atoms with van der Waals surface area (Å²) < 4.78 is 2.44. The number of hydrogen-bond acceptors (Lipinski definition) is 7. The SMILES string of the molecule is Cc1ccc(-c2csc(-n3[nH]c(C)c(N=Nc4nc5ccccc5s4)c3=O)n2)cc1. The second kappa shape index (κ2) is 7.43. The average Bonchev–Trinajstić information content (AvgIpc) is 3.45. The summed E-state index contributed by atoms with van der Waals surface area (Å²) in [5.74, 6) is 0. The second-order valence-electron chi connectivity index (χ2n) is 6.77. The van der Waals surface area contributed by atoms with Crippen LogP contribution >= 0.6 is 22.7 Å². The third-order valence-corrected chi connectivity index (χ3v) is 6.34. The van der Waals surface area contributed by atoms with Crippen molar-refractivity contribution in [3.05, 3.63) is 75.5 Å². The fraction of sp³-hybridized carbons (Fsp3) is 0.0952. The second-order valence-corrected chi connectivity index (χ2v) is 8.62. The maximum atomic E-state index is 12.9. The molecule has 7 nitrogen and oxygen atoms in total. The Morgan fingerprint density at radius 2 is 1.80 bits per heavy atom. The van der Waals surface area contributed by atoms with Gasteiger partial charge in [-0.2, -0.15) is 4.68 Å². The highest BCUT2D eigenvalue weighted by Crippen LogP contribution is 2.29. The van der Waals surface area contributed by atoms with E-state index in [1.807, 2.05) is 60.8 Å². The molecule has 0 fully saturated rings. The summed E-state index contributed by atoms with van der Waals surface area (Å²) in [5.41, 5.74) is 4.47. The lowest BCUT2D eigenvalue weighted by molar-refractivity contribution is 0.827. The Morgan fingerprint density at radius 1 is 1.00 bits per heavy atom. The summed E-state index contributed by atoms with van der Waals surface area (Å²) in [6.07, 6.45) is 0. The van der Waals surface area contributed by atoms with Gasteiger partial charge in [0.1, 0.15) is 0 Å². The summed E-state index contributed by atoms with van der Waals surface area (Å²) in [6, 6.07) is 15.9. The third-order valence-electron chi connectivity index (χ3n) is 4.59. The van der Waals surface area contributed by atoms with Crippen molar-refractivity contribution >= 4 is 43.7 Å². The number of nitrogens with zero attached hydrogens (tertiary/aromatic N) is 5. The molecule has 9 heteroatoms. The number of benzene rings is 2. The van der Waals surface area contributed by atoms with Crippen LogP contribution < -0.4 is 5.56 Å². The fourth-order valence-corrected chi connectivity index (χ4v) is 4.59. The van der Waals surface area contributed by atoms with Crippen LogP contribution in [0.4, 0.5) is 10.8 Å². The molecule has 0 amide bonds. The van der Waals surface area contributed by atoms with Crippen LogP contribution in [0.1, 0.15) is 11.3 Å². The number of fused-ring (bicyclic) bond motifs is 1. The zero-order chi connectivity index (χ0) is 20.7. The van der Waals surface area contributed by atoms with Gasteiger partial charge in [0.05, 0.1) is 21.6 Å². The van der Waals surface area contributed by atoms with Gasteiger partial charge in [-0.15, -0.1) is 21.6 Å². The summed E-state index contributed by atoms with van der Waals surface area (Å²) >= 11 is 2.83. The summed E-state index contributed by atoms with van der Waals surface area (Å²) in [6.45, 7) is 3.83. The van der Waals surface area contributed by atoms with E-state index in [1.165, 1.54) is 32.9 Å². The van der Waals surface area contributed by atoms with Crippen LogP contribution in [0.5, 0.6) is 0 Å². The van der Waals surface area contributed by atoms with Crippen LogP contribution in [0.2, 0.25) is 0 Å². The Labute approximate surface area is 179 Å². The molecule has 0 unspecified atom stereocenters. The van der Waals surface area contributed by atoms with Crippen molar-refractivity contribution in [2.45, 2.75) is 13.8 Å². The average molecular weight is 433 g/mol. The van der Waals surface area contributed by atoms with Crippen LogP contribution in [-0.4, -0.2) is 19.7 Å².